The molecule has 0 saturated carbocycles. The van der Waals surface area contributed by atoms with Crippen LogP contribution < -0.4 is 11.1 Å². The van der Waals surface area contributed by atoms with Crippen molar-refractivity contribution in [2.45, 2.75) is 6.61 Å². The van der Waals surface area contributed by atoms with Gasteiger partial charge in [-0.25, -0.2) is 4.79 Å². The van der Waals surface area contributed by atoms with E-state index >= 15 is 0 Å². The molecule has 1 atom stereocenters. The summed E-state index contributed by atoms with van der Waals surface area (Å²) in [5.41, 5.74) is 5.98. The number of carbonyl (C=O) groups is 3. The van der Waals surface area contributed by atoms with Crippen LogP contribution in [0.15, 0.2) is 30.3 Å². The van der Waals surface area contributed by atoms with Crippen LogP contribution in [0, 0.1) is 5.92 Å². The van der Waals surface area contributed by atoms with Gasteiger partial charge in [-0.15, -0.1) is 0 Å². The van der Waals surface area contributed by atoms with Gasteiger partial charge in [0.15, 0.2) is 5.78 Å². The van der Waals surface area contributed by atoms with E-state index in [0.29, 0.717) is 0 Å². The number of alkyl carbamates (subject to hydrolysis) is 1. The van der Waals surface area contributed by atoms with Crippen molar-refractivity contribution in [3.05, 3.63) is 35.9 Å². The highest BCUT2D eigenvalue weighted by molar-refractivity contribution is 6.00. The van der Waals surface area contributed by atoms with Crippen LogP contribution in [0.4, 0.5) is 4.79 Å². The molecule has 0 fully saturated rings. The molecule has 1 rings (SSSR count). The fourth-order valence-electron chi connectivity index (χ4n) is 1.43. The first kappa shape index (κ1) is 15.6. The maximum Gasteiger partial charge on any atom is 0.407 e. The van der Waals surface area contributed by atoms with Crippen molar-refractivity contribution < 1.29 is 24.2 Å². The lowest BCUT2D eigenvalue weighted by molar-refractivity contribution is -0.145. The summed E-state index contributed by atoms with van der Waals surface area (Å²) in [6.07, 6.45) is -0.789. The number of amides is 1. The number of aliphatic carboxylic acids is 1. The predicted octanol–water partition coefficient (Wildman–Crippen LogP) is 0.141. The van der Waals surface area contributed by atoms with Gasteiger partial charge in [-0.2, -0.15) is 0 Å². The Bertz CT molecular complexity index is 475. The standard InChI is InChI=1S/C13H16N2O5/c14-6-10(12(17)18)11(16)7-15-13(19)20-8-9-4-2-1-3-5-9/h1-5,10H,6-8,14H2,(H,15,19)(H,17,18). The molecule has 1 unspecified atom stereocenters. The number of carboxylic acids is 1. The van der Waals surface area contributed by atoms with Crippen LogP contribution >= 0.6 is 0 Å². The van der Waals surface area contributed by atoms with E-state index in [-0.39, 0.29) is 13.2 Å². The van der Waals surface area contributed by atoms with E-state index in [2.05, 4.69) is 5.32 Å². The molecule has 1 amide bonds. The Morgan fingerprint density at radius 3 is 2.45 bits per heavy atom. The van der Waals surface area contributed by atoms with Crippen molar-refractivity contribution in [2.75, 3.05) is 13.1 Å². The third-order valence-corrected chi connectivity index (χ3v) is 2.54. The van der Waals surface area contributed by atoms with Crippen molar-refractivity contribution in [1.82, 2.24) is 5.32 Å². The molecule has 0 aliphatic carbocycles. The molecule has 4 N–H and O–H groups in total. The summed E-state index contributed by atoms with van der Waals surface area (Å²) in [5.74, 6) is -3.29. The number of hydrogen-bond donors (Lipinski definition) is 3. The molecular weight excluding hydrogens is 264 g/mol. The van der Waals surface area contributed by atoms with Gasteiger partial charge in [-0.3, -0.25) is 9.59 Å². The molecule has 7 nitrogen and oxygen atoms in total. The number of Topliss-reactive ketones (excluding diaryl/α,β-unsaturated/α-hetero) is 1. The van der Waals surface area contributed by atoms with Crippen LogP contribution in [0.3, 0.4) is 0 Å². The van der Waals surface area contributed by atoms with E-state index in [1.807, 2.05) is 6.07 Å². The summed E-state index contributed by atoms with van der Waals surface area (Å²) in [6.45, 7) is -0.670. The summed E-state index contributed by atoms with van der Waals surface area (Å²) >= 11 is 0. The topological polar surface area (TPSA) is 119 Å². The van der Waals surface area contributed by atoms with Gasteiger partial charge in [0.1, 0.15) is 12.5 Å². The van der Waals surface area contributed by atoms with Gasteiger partial charge in [-0.05, 0) is 5.56 Å². The Morgan fingerprint density at radius 2 is 1.90 bits per heavy atom. The normalized spacial score (nSPS) is 11.4. The zero-order valence-corrected chi connectivity index (χ0v) is 10.7. The van der Waals surface area contributed by atoms with E-state index in [0.717, 1.165) is 5.56 Å². The number of benzene rings is 1. The quantitative estimate of drug-likeness (QED) is 0.611. The molecule has 108 valence electrons. The minimum absolute atomic E-state index is 0.0696. The largest absolute Gasteiger partial charge is 0.481 e. The molecule has 0 aliphatic heterocycles. The molecule has 20 heavy (non-hydrogen) atoms. The van der Waals surface area contributed by atoms with Gasteiger partial charge in [0.2, 0.25) is 0 Å². The van der Waals surface area contributed by atoms with Crippen LogP contribution in [0.5, 0.6) is 0 Å². The lowest BCUT2D eigenvalue weighted by atomic mass is 10.1. The van der Waals surface area contributed by atoms with Crippen molar-refractivity contribution in [1.29, 1.82) is 0 Å². The second-order valence-corrected chi connectivity index (χ2v) is 4.01. The average Bonchev–Trinajstić information content (AvgIpc) is 2.44. The molecule has 0 radical (unpaired) electrons. The monoisotopic (exact) mass is 280 g/mol. The van der Waals surface area contributed by atoms with E-state index < -0.39 is 30.3 Å². The van der Waals surface area contributed by atoms with E-state index in [9.17, 15) is 14.4 Å². The van der Waals surface area contributed by atoms with Crippen LogP contribution in [0.2, 0.25) is 0 Å². The molecule has 0 saturated heterocycles. The molecule has 0 bridgehead atoms. The summed E-state index contributed by atoms with van der Waals surface area (Å²) in [5, 5.41) is 10.9. The molecule has 0 aliphatic rings. The van der Waals surface area contributed by atoms with E-state index in [1.54, 1.807) is 24.3 Å². The van der Waals surface area contributed by atoms with Gasteiger partial charge in [0.25, 0.3) is 0 Å². The first-order chi connectivity index (χ1) is 9.54. The zero-order chi connectivity index (χ0) is 15.0. The van der Waals surface area contributed by atoms with Crippen LogP contribution in [0.25, 0.3) is 0 Å². The van der Waals surface area contributed by atoms with Gasteiger partial charge in [0, 0.05) is 6.54 Å². The van der Waals surface area contributed by atoms with Gasteiger partial charge >= 0.3 is 12.1 Å². The summed E-state index contributed by atoms with van der Waals surface area (Å²) in [6, 6.07) is 9.01. The Balaban J connectivity index is 2.33. The molecule has 7 heteroatoms. The first-order valence-electron chi connectivity index (χ1n) is 5.94. The highest BCUT2D eigenvalue weighted by Crippen LogP contribution is 2.00. The number of hydrogen-bond acceptors (Lipinski definition) is 5. The van der Waals surface area contributed by atoms with Gasteiger partial charge < -0.3 is 20.9 Å². The van der Waals surface area contributed by atoms with Crippen LogP contribution in [-0.2, 0) is 20.9 Å². The van der Waals surface area contributed by atoms with E-state index in [1.165, 1.54) is 0 Å². The number of ether oxygens (including phenoxy) is 1. The molecule has 1 aromatic rings. The molecule has 0 spiro atoms. The number of ketones is 1. The van der Waals surface area contributed by atoms with Crippen molar-refractivity contribution in [3.63, 3.8) is 0 Å². The molecular formula is C13H16N2O5. The van der Waals surface area contributed by atoms with E-state index in [4.69, 9.17) is 15.6 Å². The highest BCUT2D eigenvalue weighted by Gasteiger charge is 2.24. The Hall–Kier alpha value is -2.41. The Labute approximate surface area is 115 Å². The minimum atomic E-state index is -1.32. The van der Waals surface area contributed by atoms with Crippen molar-refractivity contribution >= 4 is 17.8 Å². The second kappa shape index (κ2) is 7.90. The number of nitrogens with two attached hydrogens (primary N) is 1. The summed E-state index contributed by atoms with van der Waals surface area (Å²) in [7, 11) is 0. The molecule has 0 heterocycles. The second-order valence-electron chi connectivity index (χ2n) is 4.01. The number of carbonyl (C=O) groups excluding carboxylic acids is 2. The number of rotatable bonds is 7. The van der Waals surface area contributed by atoms with Crippen LogP contribution in [-0.4, -0.2) is 36.0 Å². The lowest BCUT2D eigenvalue weighted by Crippen LogP contribution is -2.39. The lowest BCUT2D eigenvalue weighted by Gasteiger charge is -2.10. The summed E-state index contributed by atoms with van der Waals surface area (Å²) in [4.78, 5) is 33.5. The fourth-order valence-corrected chi connectivity index (χ4v) is 1.43. The maximum atomic E-state index is 11.5. The van der Waals surface area contributed by atoms with Crippen molar-refractivity contribution in [2.24, 2.45) is 11.7 Å². The minimum Gasteiger partial charge on any atom is -0.481 e. The van der Waals surface area contributed by atoms with Gasteiger partial charge in [-0.1, -0.05) is 30.3 Å². The summed E-state index contributed by atoms with van der Waals surface area (Å²) < 4.78 is 4.87. The third-order valence-electron chi connectivity index (χ3n) is 2.54. The number of nitrogens with one attached hydrogen (secondary N) is 1. The Morgan fingerprint density at radius 1 is 1.25 bits per heavy atom. The maximum absolute atomic E-state index is 11.5. The van der Waals surface area contributed by atoms with Crippen LogP contribution in [0.1, 0.15) is 5.56 Å². The van der Waals surface area contributed by atoms with Crippen molar-refractivity contribution in [3.8, 4) is 0 Å². The number of carboxylic acid groups (broad SMARTS) is 1. The molecule has 1 aromatic carbocycles. The zero-order valence-electron chi connectivity index (χ0n) is 10.7. The SMILES string of the molecule is NCC(C(=O)O)C(=O)CNC(=O)OCc1ccccc1. The van der Waals surface area contributed by atoms with Gasteiger partial charge in [0.05, 0.1) is 6.54 Å². The molecule has 0 aromatic heterocycles. The fraction of sp³-hybridized carbons (Fsp3) is 0.308. The first-order valence-corrected chi connectivity index (χ1v) is 5.94. The predicted molar refractivity (Wildman–Crippen MR) is 69.8 cm³/mol. The third kappa shape index (κ3) is 5.07. The highest BCUT2D eigenvalue weighted by atomic mass is 16.5. The smallest absolute Gasteiger partial charge is 0.407 e. The Kier molecular flexibility index (Phi) is 6.18. The average molecular weight is 280 g/mol.